The minimum absolute atomic E-state index is 0.00674. The molecule has 2 saturated heterocycles. The number of amides is 2. The van der Waals surface area contributed by atoms with Gasteiger partial charge in [-0.2, -0.15) is 5.06 Å². The van der Waals surface area contributed by atoms with Crippen LogP contribution in [0.3, 0.4) is 0 Å². The number of nitrogens with one attached hydrogen (secondary N) is 1. The van der Waals surface area contributed by atoms with Crippen LogP contribution in [-0.2, 0) is 19.2 Å². The van der Waals surface area contributed by atoms with Gasteiger partial charge in [0.15, 0.2) is 0 Å². The lowest BCUT2D eigenvalue weighted by Gasteiger charge is -2.32. The van der Waals surface area contributed by atoms with Crippen LogP contribution < -0.4 is 5.32 Å². The van der Waals surface area contributed by atoms with Crippen LogP contribution in [0.5, 0.6) is 0 Å². The molecule has 2 amide bonds. The summed E-state index contributed by atoms with van der Waals surface area (Å²) in [6.45, 7) is 5.98. The summed E-state index contributed by atoms with van der Waals surface area (Å²) in [5, 5.41) is 4.73. The van der Waals surface area contributed by atoms with E-state index in [4.69, 9.17) is 9.57 Å². The van der Waals surface area contributed by atoms with E-state index in [0.29, 0.717) is 39.2 Å². The van der Waals surface area contributed by atoms with Crippen molar-refractivity contribution in [3.05, 3.63) is 0 Å². The Morgan fingerprint density at radius 3 is 2.81 bits per heavy atom. The summed E-state index contributed by atoms with van der Waals surface area (Å²) >= 11 is 0. The van der Waals surface area contributed by atoms with Crippen molar-refractivity contribution in [3.63, 3.8) is 0 Å². The zero-order chi connectivity index (χ0) is 15.1. The molecule has 21 heavy (non-hydrogen) atoms. The van der Waals surface area contributed by atoms with Gasteiger partial charge < -0.3 is 15.0 Å². The second-order valence-electron chi connectivity index (χ2n) is 5.48. The predicted molar refractivity (Wildman–Crippen MR) is 76.4 cm³/mol. The van der Waals surface area contributed by atoms with E-state index in [0.717, 1.165) is 26.0 Å². The van der Waals surface area contributed by atoms with Gasteiger partial charge in [0.2, 0.25) is 11.8 Å². The summed E-state index contributed by atoms with van der Waals surface area (Å²) in [7, 11) is 0. The maximum absolute atomic E-state index is 11.8. The average Bonchev–Trinajstić information content (AvgIpc) is 2.52. The van der Waals surface area contributed by atoms with Crippen molar-refractivity contribution in [2.24, 2.45) is 0 Å². The molecule has 0 aromatic rings. The lowest BCUT2D eigenvalue weighted by molar-refractivity contribution is -0.181. The summed E-state index contributed by atoms with van der Waals surface area (Å²) in [6.07, 6.45) is 2.52. The first-order valence-corrected chi connectivity index (χ1v) is 7.67. The Hall–Kier alpha value is -1.18. The maximum atomic E-state index is 11.8. The minimum atomic E-state index is -0.113. The van der Waals surface area contributed by atoms with Gasteiger partial charge in [0.25, 0.3) is 0 Å². The molecule has 0 saturated carbocycles. The Bertz CT molecular complexity index is 358. The highest BCUT2D eigenvalue weighted by Gasteiger charge is 2.22. The van der Waals surface area contributed by atoms with Crippen LogP contribution in [0.2, 0.25) is 0 Å². The van der Waals surface area contributed by atoms with Gasteiger partial charge in [0.1, 0.15) is 0 Å². The number of morpholine rings is 1. The fourth-order valence-corrected chi connectivity index (χ4v) is 2.50. The quantitative estimate of drug-likeness (QED) is 0.759. The van der Waals surface area contributed by atoms with Crippen molar-refractivity contribution in [2.45, 2.75) is 32.3 Å². The van der Waals surface area contributed by atoms with E-state index in [9.17, 15) is 9.59 Å². The first kappa shape index (κ1) is 16.2. The van der Waals surface area contributed by atoms with Crippen molar-refractivity contribution >= 4 is 11.8 Å². The van der Waals surface area contributed by atoms with Crippen LogP contribution in [0.1, 0.15) is 26.2 Å². The summed E-state index contributed by atoms with van der Waals surface area (Å²) in [6, 6.07) is 0. The zero-order valence-corrected chi connectivity index (χ0v) is 12.7. The first-order chi connectivity index (χ1) is 10.1. The number of ether oxygens (including phenoxy) is 1. The van der Waals surface area contributed by atoms with E-state index in [1.165, 1.54) is 0 Å². The molecule has 1 N–H and O–H groups in total. The van der Waals surface area contributed by atoms with E-state index in [1.54, 1.807) is 11.8 Å². The van der Waals surface area contributed by atoms with E-state index < -0.39 is 0 Å². The number of rotatable bonds is 5. The van der Waals surface area contributed by atoms with Gasteiger partial charge in [0, 0.05) is 46.1 Å². The van der Waals surface area contributed by atoms with E-state index in [1.807, 2.05) is 5.06 Å². The van der Waals surface area contributed by atoms with E-state index in [-0.39, 0.29) is 17.9 Å². The second kappa shape index (κ2) is 8.31. The molecule has 0 aromatic heterocycles. The Balaban J connectivity index is 1.60. The molecule has 2 aliphatic rings. The molecule has 2 aliphatic heterocycles. The summed E-state index contributed by atoms with van der Waals surface area (Å²) in [5.74, 6) is 0.0459. The van der Waals surface area contributed by atoms with Crippen LogP contribution in [-0.4, -0.2) is 73.8 Å². The van der Waals surface area contributed by atoms with Gasteiger partial charge in [-0.1, -0.05) is 0 Å². The Labute approximate surface area is 125 Å². The fourth-order valence-electron chi connectivity index (χ4n) is 2.50. The average molecular weight is 299 g/mol. The molecule has 0 radical (unpaired) electrons. The number of hydrogen-bond donors (Lipinski definition) is 1. The third kappa shape index (κ3) is 5.61. The monoisotopic (exact) mass is 299 g/mol. The molecular weight excluding hydrogens is 274 g/mol. The van der Waals surface area contributed by atoms with Crippen LogP contribution in [0, 0.1) is 0 Å². The third-order valence-electron chi connectivity index (χ3n) is 3.77. The molecule has 0 aromatic carbocycles. The van der Waals surface area contributed by atoms with Gasteiger partial charge >= 0.3 is 0 Å². The van der Waals surface area contributed by atoms with Crippen molar-refractivity contribution in [3.8, 4) is 0 Å². The highest BCUT2D eigenvalue weighted by molar-refractivity contribution is 5.76. The molecule has 0 spiro atoms. The Kier molecular flexibility index (Phi) is 6.41. The topological polar surface area (TPSA) is 71.1 Å². The van der Waals surface area contributed by atoms with Crippen LogP contribution >= 0.6 is 0 Å². The first-order valence-electron chi connectivity index (χ1n) is 7.67. The second-order valence-corrected chi connectivity index (χ2v) is 5.48. The molecule has 0 aliphatic carbocycles. The van der Waals surface area contributed by atoms with Gasteiger partial charge in [-0.15, -0.1) is 0 Å². The van der Waals surface area contributed by atoms with Crippen molar-refractivity contribution in [1.82, 2.24) is 15.3 Å². The molecule has 2 heterocycles. The number of carbonyl (C=O) groups is 2. The van der Waals surface area contributed by atoms with Crippen molar-refractivity contribution in [1.29, 1.82) is 0 Å². The molecule has 120 valence electrons. The van der Waals surface area contributed by atoms with Crippen LogP contribution in [0.4, 0.5) is 0 Å². The molecule has 2 fully saturated rings. The highest BCUT2D eigenvalue weighted by Crippen LogP contribution is 2.07. The van der Waals surface area contributed by atoms with Gasteiger partial charge in [-0.05, 0) is 12.8 Å². The molecule has 7 heteroatoms. The molecule has 0 unspecified atom stereocenters. The summed E-state index contributed by atoms with van der Waals surface area (Å²) in [4.78, 5) is 30.3. The zero-order valence-electron chi connectivity index (χ0n) is 12.7. The Morgan fingerprint density at radius 1 is 1.24 bits per heavy atom. The van der Waals surface area contributed by atoms with Crippen molar-refractivity contribution < 1.29 is 19.2 Å². The van der Waals surface area contributed by atoms with Crippen LogP contribution in [0.15, 0.2) is 0 Å². The number of hydrogen-bond acceptors (Lipinski definition) is 5. The smallest absolute Gasteiger partial charge is 0.221 e. The number of nitrogens with zero attached hydrogens (tertiary/aromatic N) is 2. The number of carbonyl (C=O) groups excluding carboxylic acids is 2. The SMILES string of the molecule is CC(=O)N1CCO[C@H](CNC(=O)CCN2CCCCO2)C1. The predicted octanol–water partition coefficient (Wildman–Crippen LogP) is -0.233. The third-order valence-corrected chi connectivity index (χ3v) is 3.77. The van der Waals surface area contributed by atoms with Gasteiger partial charge in [-0.3, -0.25) is 14.4 Å². The molecule has 2 rings (SSSR count). The fraction of sp³-hybridized carbons (Fsp3) is 0.857. The normalized spacial score (nSPS) is 23.9. The van der Waals surface area contributed by atoms with E-state index >= 15 is 0 Å². The van der Waals surface area contributed by atoms with E-state index in [2.05, 4.69) is 5.32 Å². The van der Waals surface area contributed by atoms with Crippen LogP contribution in [0.25, 0.3) is 0 Å². The molecule has 1 atom stereocenters. The highest BCUT2D eigenvalue weighted by atomic mass is 16.7. The summed E-state index contributed by atoms with van der Waals surface area (Å²) < 4.78 is 5.56. The Morgan fingerprint density at radius 2 is 2.10 bits per heavy atom. The lowest BCUT2D eigenvalue weighted by Crippen LogP contribution is -2.49. The number of hydroxylamine groups is 2. The summed E-state index contributed by atoms with van der Waals surface area (Å²) in [5.41, 5.74) is 0. The molecular formula is C14H25N3O4. The standard InChI is InChI=1S/C14H25N3O4/c1-12(18)16-7-9-20-13(11-16)10-15-14(19)4-6-17-5-2-3-8-21-17/h13H,2-11H2,1H3,(H,15,19)/t13-/m1/s1. The molecule has 0 bridgehead atoms. The minimum Gasteiger partial charge on any atom is -0.373 e. The van der Waals surface area contributed by atoms with Gasteiger partial charge in [0.05, 0.1) is 19.3 Å². The molecule has 7 nitrogen and oxygen atoms in total. The maximum Gasteiger partial charge on any atom is 0.221 e. The largest absolute Gasteiger partial charge is 0.373 e. The lowest BCUT2D eigenvalue weighted by atomic mass is 10.2. The van der Waals surface area contributed by atoms with Crippen molar-refractivity contribution in [2.75, 3.05) is 45.9 Å². The van der Waals surface area contributed by atoms with Gasteiger partial charge in [-0.25, -0.2) is 0 Å².